The van der Waals surface area contributed by atoms with E-state index in [1.165, 1.54) is 29.7 Å². The van der Waals surface area contributed by atoms with Crippen LogP contribution in [0.4, 0.5) is 18.9 Å². The lowest BCUT2D eigenvalue weighted by Gasteiger charge is -2.12. The van der Waals surface area contributed by atoms with Crippen LogP contribution in [0.1, 0.15) is 15.2 Å². The standard InChI is InChI=1S/C17H11F3N2OS/c18-17(19,20)12-5-1-4-11(10-12)15-13(6-2-8-21-15)22-16(23)14-7-3-9-24-14/h1-10H,(H,22,23). The SMILES string of the molecule is O=C(Nc1cccnc1-c1cccc(C(F)(F)F)c1)c1cccs1. The second-order valence-electron chi connectivity index (χ2n) is 4.91. The number of hydrogen-bond donors (Lipinski definition) is 1. The van der Waals surface area contributed by atoms with Crippen LogP contribution in [0.25, 0.3) is 11.3 Å². The van der Waals surface area contributed by atoms with Gasteiger partial charge >= 0.3 is 6.18 Å². The minimum atomic E-state index is -4.44. The fourth-order valence-electron chi connectivity index (χ4n) is 2.17. The number of hydrogen-bond acceptors (Lipinski definition) is 3. The summed E-state index contributed by atoms with van der Waals surface area (Å²) < 4.78 is 38.7. The van der Waals surface area contributed by atoms with Gasteiger partial charge in [0.1, 0.15) is 0 Å². The Morgan fingerprint density at radius 2 is 1.92 bits per heavy atom. The molecule has 0 aliphatic carbocycles. The predicted molar refractivity (Wildman–Crippen MR) is 86.9 cm³/mol. The van der Waals surface area contributed by atoms with Crippen molar-refractivity contribution < 1.29 is 18.0 Å². The quantitative estimate of drug-likeness (QED) is 0.717. The number of aromatic nitrogens is 1. The van der Waals surface area contributed by atoms with Crippen LogP contribution in [0.15, 0.2) is 60.1 Å². The van der Waals surface area contributed by atoms with E-state index in [9.17, 15) is 18.0 Å². The molecule has 7 heteroatoms. The highest BCUT2D eigenvalue weighted by molar-refractivity contribution is 7.12. The van der Waals surface area contributed by atoms with Gasteiger partial charge in [0.05, 0.1) is 21.8 Å². The van der Waals surface area contributed by atoms with E-state index in [0.717, 1.165) is 12.1 Å². The molecular formula is C17H11F3N2OS. The molecule has 0 saturated heterocycles. The largest absolute Gasteiger partial charge is 0.416 e. The van der Waals surface area contributed by atoms with Crippen molar-refractivity contribution in [2.45, 2.75) is 6.18 Å². The molecule has 24 heavy (non-hydrogen) atoms. The highest BCUT2D eigenvalue weighted by Gasteiger charge is 2.30. The van der Waals surface area contributed by atoms with Crippen molar-refractivity contribution in [2.24, 2.45) is 0 Å². The van der Waals surface area contributed by atoms with E-state index in [0.29, 0.717) is 10.6 Å². The van der Waals surface area contributed by atoms with Crippen LogP contribution in [-0.2, 0) is 6.18 Å². The zero-order valence-corrected chi connectivity index (χ0v) is 13.0. The fraction of sp³-hybridized carbons (Fsp3) is 0.0588. The molecular weight excluding hydrogens is 337 g/mol. The lowest BCUT2D eigenvalue weighted by Crippen LogP contribution is -2.11. The first kappa shape index (κ1) is 16.2. The van der Waals surface area contributed by atoms with E-state index in [4.69, 9.17) is 0 Å². The zero-order chi connectivity index (χ0) is 17.2. The van der Waals surface area contributed by atoms with Gasteiger partial charge < -0.3 is 5.32 Å². The van der Waals surface area contributed by atoms with Crippen LogP contribution in [0, 0.1) is 0 Å². The summed E-state index contributed by atoms with van der Waals surface area (Å²) >= 11 is 1.28. The Morgan fingerprint density at radius 3 is 2.62 bits per heavy atom. The Morgan fingerprint density at radius 1 is 1.08 bits per heavy atom. The molecule has 0 fully saturated rings. The van der Waals surface area contributed by atoms with Crippen molar-refractivity contribution in [2.75, 3.05) is 5.32 Å². The normalized spacial score (nSPS) is 11.3. The third kappa shape index (κ3) is 3.46. The average Bonchev–Trinajstić information content (AvgIpc) is 3.09. The third-order valence-electron chi connectivity index (χ3n) is 3.26. The van der Waals surface area contributed by atoms with Crippen molar-refractivity contribution in [1.29, 1.82) is 0 Å². The van der Waals surface area contributed by atoms with Gasteiger partial charge in [-0.1, -0.05) is 18.2 Å². The molecule has 3 aromatic rings. The summed E-state index contributed by atoms with van der Waals surface area (Å²) in [5.41, 5.74) is 0.164. The Kier molecular flexibility index (Phi) is 4.35. The maximum Gasteiger partial charge on any atom is 0.416 e. The van der Waals surface area contributed by atoms with Gasteiger partial charge in [0.15, 0.2) is 0 Å². The maximum atomic E-state index is 12.9. The third-order valence-corrected chi connectivity index (χ3v) is 4.13. The van der Waals surface area contributed by atoms with Crippen molar-refractivity contribution in [3.05, 3.63) is 70.5 Å². The van der Waals surface area contributed by atoms with Crippen LogP contribution < -0.4 is 5.32 Å². The Hall–Kier alpha value is -2.67. The summed E-state index contributed by atoms with van der Waals surface area (Å²) in [6.07, 6.45) is -2.97. The molecule has 1 amide bonds. The lowest BCUT2D eigenvalue weighted by atomic mass is 10.1. The smallest absolute Gasteiger partial charge is 0.319 e. The van der Waals surface area contributed by atoms with Crippen molar-refractivity contribution >= 4 is 22.9 Å². The summed E-state index contributed by atoms with van der Waals surface area (Å²) in [7, 11) is 0. The van der Waals surface area contributed by atoms with E-state index in [2.05, 4.69) is 10.3 Å². The Balaban J connectivity index is 1.97. The molecule has 0 aliphatic heterocycles. The first-order valence-corrected chi connectivity index (χ1v) is 7.80. The number of anilines is 1. The predicted octanol–water partition coefficient (Wildman–Crippen LogP) is 5.08. The second-order valence-corrected chi connectivity index (χ2v) is 5.86. The van der Waals surface area contributed by atoms with E-state index in [-0.39, 0.29) is 17.2 Å². The van der Waals surface area contributed by atoms with Gasteiger partial charge in [-0.25, -0.2) is 0 Å². The summed E-state index contributed by atoms with van der Waals surface area (Å²) in [6, 6.07) is 11.5. The molecule has 2 heterocycles. The Labute approximate surface area is 139 Å². The average molecular weight is 348 g/mol. The second kappa shape index (κ2) is 6.45. The van der Waals surface area contributed by atoms with Gasteiger partial charge in [0.2, 0.25) is 0 Å². The molecule has 122 valence electrons. The number of alkyl halides is 3. The first-order valence-electron chi connectivity index (χ1n) is 6.92. The lowest BCUT2D eigenvalue weighted by molar-refractivity contribution is -0.137. The topological polar surface area (TPSA) is 42.0 Å². The van der Waals surface area contributed by atoms with Crippen LogP contribution in [0.5, 0.6) is 0 Å². The summed E-state index contributed by atoms with van der Waals surface area (Å²) in [5, 5.41) is 4.47. The number of carbonyl (C=O) groups excluding carboxylic acids is 1. The Bertz CT molecular complexity index is 860. The van der Waals surface area contributed by atoms with E-state index >= 15 is 0 Å². The number of nitrogens with one attached hydrogen (secondary N) is 1. The minimum Gasteiger partial charge on any atom is -0.319 e. The van der Waals surface area contributed by atoms with Gasteiger partial charge in [-0.05, 0) is 35.7 Å². The zero-order valence-electron chi connectivity index (χ0n) is 12.2. The summed E-state index contributed by atoms with van der Waals surface area (Å²) in [6.45, 7) is 0. The van der Waals surface area contributed by atoms with Crippen molar-refractivity contribution in [1.82, 2.24) is 4.98 Å². The molecule has 0 radical (unpaired) electrons. The van der Waals surface area contributed by atoms with E-state index in [1.54, 1.807) is 29.6 Å². The fourth-order valence-corrected chi connectivity index (χ4v) is 2.79. The monoisotopic (exact) mass is 348 g/mol. The number of nitrogens with zero attached hydrogens (tertiary/aromatic N) is 1. The van der Waals surface area contributed by atoms with Gasteiger partial charge in [-0.15, -0.1) is 11.3 Å². The highest BCUT2D eigenvalue weighted by Crippen LogP contribution is 2.33. The molecule has 0 bridgehead atoms. The number of benzene rings is 1. The number of thiophene rings is 1. The molecule has 0 saturated carbocycles. The molecule has 1 N–H and O–H groups in total. The number of pyridine rings is 1. The molecule has 0 aliphatic rings. The molecule has 1 aromatic carbocycles. The number of amides is 1. The molecule has 3 nitrogen and oxygen atoms in total. The first-order chi connectivity index (χ1) is 11.4. The highest BCUT2D eigenvalue weighted by atomic mass is 32.1. The summed E-state index contributed by atoms with van der Waals surface area (Å²) in [4.78, 5) is 16.8. The van der Waals surface area contributed by atoms with Crippen LogP contribution in [-0.4, -0.2) is 10.9 Å². The van der Waals surface area contributed by atoms with Gasteiger partial charge in [0, 0.05) is 11.8 Å². The van der Waals surface area contributed by atoms with Gasteiger partial charge in [-0.2, -0.15) is 13.2 Å². The van der Waals surface area contributed by atoms with Crippen LogP contribution in [0.2, 0.25) is 0 Å². The van der Waals surface area contributed by atoms with E-state index in [1.807, 2.05) is 0 Å². The summed E-state index contributed by atoms with van der Waals surface area (Å²) in [5.74, 6) is -0.328. The van der Waals surface area contributed by atoms with E-state index < -0.39 is 11.7 Å². The number of rotatable bonds is 3. The van der Waals surface area contributed by atoms with Gasteiger partial charge in [-0.3, -0.25) is 9.78 Å². The van der Waals surface area contributed by atoms with Crippen molar-refractivity contribution in [3.8, 4) is 11.3 Å². The maximum absolute atomic E-state index is 12.9. The molecule has 0 unspecified atom stereocenters. The molecule has 0 atom stereocenters. The van der Waals surface area contributed by atoms with Gasteiger partial charge in [0.25, 0.3) is 5.91 Å². The molecule has 3 rings (SSSR count). The number of halogens is 3. The minimum absolute atomic E-state index is 0.284. The van der Waals surface area contributed by atoms with Crippen LogP contribution >= 0.6 is 11.3 Å². The van der Waals surface area contributed by atoms with Crippen molar-refractivity contribution in [3.63, 3.8) is 0 Å². The number of carbonyl (C=O) groups is 1. The molecule has 0 spiro atoms. The van der Waals surface area contributed by atoms with Crippen LogP contribution in [0.3, 0.4) is 0 Å². The molecule has 2 aromatic heterocycles.